The molecule has 2 aliphatic carbocycles. The van der Waals surface area contributed by atoms with Gasteiger partial charge in [-0.05, 0) is 36.5 Å². The van der Waals surface area contributed by atoms with E-state index in [0.717, 1.165) is 0 Å². The Balaban J connectivity index is 2.02. The molecule has 1 nitrogen and oxygen atoms in total. The molecule has 2 unspecified atom stereocenters. The summed E-state index contributed by atoms with van der Waals surface area (Å²) in [5, 5.41) is 1.40. The lowest BCUT2D eigenvalue weighted by Crippen LogP contribution is -2.15. The van der Waals surface area contributed by atoms with Crippen molar-refractivity contribution in [2.45, 2.75) is 18.8 Å². The highest BCUT2D eigenvalue weighted by atomic mass is 14.7. The fourth-order valence-electron chi connectivity index (χ4n) is 3.27. The number of hydrogen-bond acceptors (Lipinski definition) is 0. The second-order valence-electron chi connectivity index (χ2n) is 5.05. The quantitative estimate of drug-likeness (QED) is 0.640. The molecule has 0 saturated carbocycles. The Kier molecular flexibility index (Phi) is 1.84. The van der Waals surface area contributed by atoms with Crippen LogP contribution in [-0.4, -0.2) is 4.98 Å². The first-order valence-electron chi connectivity index (χ1n) is 6.39. The maximum absolute atomic E-state index is 3.53. The molecule has 0 radical (unpaired) electrons. The van der Waals surface area contributed by atoms with Gasteiger partial charge in [0.25, 0.3) is 0 Å². The third-order valence-corrected chi connectivity index (χ3v) is 4.09. The van der Waals surface area contributed by atoms with E-state index in [2.05, 4.69) is 53.6 Å². The Morgan fingerprint density at radius 3 is 3.06 bits per heavy atom. The number of aromatic amines is 1. The number of para-hydroxylation sites is 1. The lowest BCUT2D eigenvalue weighted by Gasteiger charge is -2.28. The van der Waals surface area contributed by atoms with Gasteiger partial charge in [-0.2, -0.15) is 0 Å². The van der Waals surface area contributed by atoms with E-state index in [-0.39, 0.29) is 0 Å². The number of rotatable bonds is 0. The topological polar surface area (TPSA) is 15.8 Å². The zero-order valence-electron chi connectivity index (χ0n) is 9.69. The normalized spacial score (nSPS) is 25.9. The minimum atomic E-state index is 0.583. The van der Waals surface area contributed by atoms with Crippen LogP contribution in [0.3, 0.4) is 0 Å². The molecular weight excluding hydrogens is 206 g/mol. The molecule has 0 saturated heterocycles. The van der Waals surface area contributed by atoms with Crippen LogP contribution in [0.25, 0.3) is 17.0 Å². The summed E-state index contributed by atoms with van der Waals surface area (Å²) >= 11 is 0. The van der Waals surface area contributed by atoms with Crippen LogP contribution in [0.15, 0.2) is 42.5 Å². The minimum Gasteiger partial charge on any atom is -0.355 e. The Morgan fingerprint density at radius 2 is 2.06 bits per heavy atom. The molecule has 17 heavy (non-hydrogen) atoms. The second-order valence-corrected chi connectivity index (χ2v) is 5.05. The van der Waals surface area contributed by atoms with Gasteiger partial charge in [-0.25, -0.2) is 0 Å². The SMILES string of the molecule is C1=CC2c3c([nH]c4ccccc34)C=CC2CC1. The van der Waals surface area contributed by atoms with E-state index in [9.17, 15) is 0 Å². The summed E-state index contributed by atoms with van der Waals surface area (Å²) in [4.78, 5) is 3.53. The van der Waals surface area contributed by atoms with E-state index in [1.807, 2.05) is 0 Å². The van der Waals surface area contributed by atoms with Gasteiger partial charge >= 0.3 is 0 Å². The molecule has 1 N–H and O–H groups in total. The van der Waals surface area contributed by atoms with Crippen molar-refractivity contribution >= 4 is 17.0 Å². The van der Waals surface area contributed by atoms with Gasteiger partial charge in [-0.15, -0.1) is 0 Å². The molecule has 2 atom stereocenters. The third kappa shape index (κ3) is 1.25. The number of aromatic nitrogens is 1. The van der Waals surface area contributed by atoms with Gasteiger partial charge in [0.2, 0.25) is 0 Å². The van der Waals surface area contributed by atoms with Crippen molar-refractivity contribution in [1.82, 2.24) is 4.98 Å². The highest BCUT2D eigenvalue weighted by Crippen LogP contribution is 2.43. The van der Waals surface area contributed by atoms with Gasteiger partial charge in [0, 0.05) is 22.5 Å². The Hall–Kier alpha value is -1.76. The number of H-pyrrole nitrogens is 1. The molecule has 0 amide bonds. The largest absolute Gasteiger partial charge is 0.355 e. The van der Waals surface area contributed by atoms with Crippen LogP contribution in [0.2, 0.25) is 0 Å². The maximum atomic E-state index is 3.53. The Bertz CT molecular complexity index is 630. The Labute approximate surface area is 101 Å². The second kappa shape index (κ2) is 3.36. The van der Waals surface area contributed by atoms with Gasteiger partial charge in [-0.3, -0.25) is 0 Å². The number of allylic oxidation sites excluding steroid dienone is 3. The number of nitrogens with one attached hydrogen (secondary N) is 1. The van der Waals surface area contributed by atoms with E-state index >= 15 is 0 Å². The van der Waals surface area contributed by atoms with Crippen LogP contribution in [0.5, 0.6) is 0 Å². The summed E-state index contributed by atoms with van der Waals surface area (Å²) in [6.07, 6.45) is 11.9. The molecule has 1 aromatic carbocycles. The van der Waals surface area contributed by atoms with Crippen molar-refractivity contribution in [3.63, 3.8) is 0 Å². The van der Waals surface area contributed by atoms with Gasteiger partial charge in [0.1, 0.15) is 0 Å². The lowest BCUT2D eigenvalue weighted by molar-refractivity contribution is 0.518. The van der Waals surface area contributed by atoms with Crippen molar-refractivity contribution in [2.75, 3.05) is 0 Å². The molecule has 1 heteroatoms. The summed E-state index contributed by atoms with van der Waals surface area (Å²) in [5.41, 5.74) is 4.07. The van der Waals surface area contributed by atoms with Crippen LogP contribution < -0.4 is 0 Å². The fraction of sp³-hybridized carbons (Fsp3) is 0.250. The van der Waals surface area contributed by atoms with E-state index in [0.29, 0.717) is 11.8 Å². The van der Waals surface area contributed by atoms with E-state index in [1.165, 1.54) is 35.0 Å². The standard InChI is InChI=1S/C16H15N/c1-2-6-12-11(5-1)9-10-15-16(12)13-7-3-4-8-14(13)17-15/h2-4,6-12,17H,1,5H2. The third-order valence-electron chi connectivity index (χ3n) is 4.09. The summed E-state index contributed by atoms with van der Waals surface area (Å²) in [6.45, 7) is 0. The van der Waals surface area contributed by atoms with Crippen molar-refractivity contribution in [1.29, 1.82) is 0 Å². The predicted octanol–water partition coefficient (Wildman–Crippen LogP) is 4.24. The molecular formula is C16H15N. The highest BCUT2D eigenvalue weighted by molar-refractivity contribution is 5.89. The zero-order chi connectivity index (χ0) is 11.2. The zero-order valence-corrected chi connectivity index (χ0v) is 9.69. The molecule has 2 aliphatic rings. The molecule has 2 aromatic rings. The minimum absolute atomic E-state index is 0.583. The number of hydrogen-bond donors (Lipinski definition) is 1. The van der Waals surface area contributed by atoms with Crippen molar-refractivity contribution in [2.24, 2.45) is 5.92 Å². The van der Waals surface area contributed by atoms with Crippen LogP contribution >= 0.6 is 0 Å². The molecule has 0 bridgehead atoms. The first kappa shape index (κ1) is 9.29. The van der Waals surface area contributed by atoms with Crippen molar-refractivity contribution in [3.05, 3.63) is 53.8 Å². The predicted molar refractivity (Wildman–Crippen MR) is 71.9 cm³/mol. The number of fused-ring (bicyclic) bond motifs is 5. The molecule has 0 aliphatic heterocycles. The Morgan fingerprint density at radius 1 is 1.12 bits per heavy atom. The highest BCUT2D eigenvalue weighted by Gasteiger charge is 2.28. The molecule has 4 rings (SSSR count). The van der Waals surface area contributed by atoms with Crippen molar-refractivity contribution in [3.8, 4) is 0 Å². The summed E-state index contributed by atoms with van der Waals surface area (Å²) < 4.78 is 0. The van der Waals surface area contributed by atoms with E-state index in [4.69, 9.17) is 0 Å². The summed E-state index contributed by atoms with van der Waals surface area (Å²) in [5.74, 6) is 1.28. The molecule has 1 heterocycles. The van der Waals surface area contributed by atoms with Crippen LogP contribution in [0, 0.1) is 5.92 Å². The summed E-state index contributed by atoms with van der Waals surface area (Å²) in [7, 11) is 0. The summed E-state index contributed by atoms with van der Waals surface area (Å²) in [6, 6.07) is 8.64. The van der Waals surface area contributed by atoms with Gasteiger partial charge in [0.05, 0.1) is 0 Å². The maximum Gasteiger partial charge on any atom is 0.0461 e. The van der Waals surface area contributed by atoms with E-state index in [1.54, 1.807) is 0 Å². The smallest absolute Gasteiger partial charge is 0.0461 e. The van der Waals surface area contributed by atoms with Crippen LogP contribution in [-0.2, 0) is 0 Å². The first-order valence-corrected chi connectivity index (χ1v) is 6.39. The molecule has 84 valence electrons. The molecule has 0 spiro atoms. The van der Waals surface area contributed by atoms with Crippen molar-refractivity contribution < 1.29 is 0 Å². The van der Waals surface area contributed by atoms with Crippen LogP contribution in [0.4, 0.5) is 0 Å². The number of benzene rings is 1. The van der Waals surface area contributed by atoms with Gasteiger partial charge < -0.3 is 4.98 Å². The molecule has 0 fully saturated rings. The monoisotopic (exact) mass is 221 g/mol. The fourth-order valence-corrected chi connectivity index (χ4v) is 3.27. The molecule has 1 aromatic heterocycles. The average molecular weight is 221 g/mol. The van der Waals surface area contributed by atoms with E-state index < -0.39 is 0 Å². The van der Waals surface area contributed by atoms with Crippen LogP contribution in [0.1, 0.15) is 30.0 Å². The van der Waals surface area contributed by atoms with Gasteiger partial charge in [-0.1, -0.05) is 36.4 Å². The first-order chi connectivity index (χ1) is 8.43. The lowest BCUT2D eigenvalue weighted by atomic mass is 9.75. The average Bonchev–Trinajstić information content (AvgIpc) is 2.77. The van der Waals surface area contributed by atoms with Gasteiger partial charge in [0.15, 0.2) is 0 Å².